The van der Waals surface area contributed by atoms with Crippen molar-refractivity contribution in [3.8, 4) is 0 Å². The van der Waals surface area contributed by atoms with Gasteiger partial charge < -0.3 is 5.11 Å². The minimum Gasteiger partial charge on any atom is -0.389 e. The Morgan fingerprint density at radius 1 is 1.08 bits per heavy atom. The Balaban J connectivity index is 1.74. The molecule has 0 aliphatic heterocycles. The van der Waals surface area contributed by atoms with Crippen LogP contribution in [0.3, 0.4) is 0 Å². The van der Waals surface area contributed by atoms with Crippen molar-refractivity contribution in [3.05, 3.63) is 0 Å². The molecule has 3 nitrogen and oxygen atoms in total. The minimum atomic E-state index is -0.368. The van der Waals surface area contributed by atoms with Crippen LogP contribution < -0.4 is 0 Å². The van der Waals surface area contributed by atoms with Crippen molar-refractivity contribution < 1.29 is 14.7 Å². The summed E-state index contributed by atoms with van der Waals surface area (Å²) in [4.78, 5) is 25.3. The van der Waals surface area contributed by atoms with Crippen LogP contribution in [0.2, 0.25) is 0 Å². The number of carbonyl (C=O) groups excluding carboxylic acids is 2. The Morgan fingerprint density at radius 2 is 1.79 bits per heavy atom. The minimum absolute atomic E-state index is 0.0394. The number of fused-ring (bicyclic) bond motifs is 3. The lowest BCUT2D eigenvalue weighted by Gasteiger charge is -2.64. The zero-order valence-electron chi connectivity index (χ0n) is 15.5. The van der Waals surface area contributed by atoms with E-state index in [0.29, 0.717) is 17.6 Å². The van der Waals surface area contributed by atoms with Crippen molar-refractivity contribution in [2.75, 3.05) is 6.61 Å². The van der Waals surface area contributed by atoms with Crippen molar-refractivity contribution in [1.29, 1.82) is 0 Å². The number of hydrogen-bond acceptors (Lipinski definition) is 3. The second-order valence-corrected chi connectivity index (χ2v) is 10.2. The van der Waals surface area contributed by atoms with Crippen LogP contribution in [0.15, 0.2) is 0 Å². The van der Waals surface area contributed by atoms with E-state index in [1.54, 1.807) is 0 Å². The van der Waals surface area contributed by atoms with Crippen LogP contribution in [0.4, 0.5) is 0 Å². The van der Waals surface area contributed by atoms with Crippen LogP contribution in [0.5, 0.6) is 0 Å². The molecule has 6 atom stereocenters. The van der Waals surface area contributed by atoms with E-state index in [2.05, 4.69) is 20.8 Å². The molecule has 1 spiro atoms. The van der Waals surface area contributed by atoms with Gasteiger partial charge in [0.1, 0.15) is 12.4 Å². The lowest BCUT2D eigenvalue weighted by Crippen LogP contribution is -2.58. The highest BCUT2D eigenvalue weighted by Gasteiger charge is 2.67. The maximum Gasteiger partial charge on any atom is 0.164 e. The number of Topliss-reactive ketones (excluding diaryl/α,β-unsaturated/α-hetero) is 2. The Labute approximate surface area is 145 Å². The van der Waals surface area contributed by atoms with Gasteiger partial charge in [-0.25, -0.2) is 0 Å². The number of hydrogen-bond donors (Lipinski definition) is 1. The molecule has 24 heavy (non-hydrogen) atoms. The highest BCUT2D eigenvalue weighted by molar-refractivity contribution is 5.88. The van der Waals surface area contributed by atoms with E-state index in [1.807, 2.05) is 0 Å². The van der Waals surface area contributed by atoms with Gasteiger partial charge in [0.25, 0.3) is 0 Å². The molecule has 0 aromatic heterocycles. The van der Waals surface area contributed by atoms with Crippen molar-refractivity contribution in [3.63, 3.8) is 0 Å². The van der Waals surface area contributed by atoms with Crippen molar-refractivity contribution in [2.24, 2.45) is 33.5 Å². The van der Waals surface area contributed by atoms with Gasteiger partial charge in [-0.3, -0.25) is 9.59 Å². The Hall–Kier alpha value is -0.700. The summed E-state index contributed by atoms with van der Waals surface area (Å²) in [6.07, 6.45) is 9.38. The van der Waals surface area contributed by atoms with Gasteiger partial charge in [-0.05, 0) is 67.6 Å². The first-order valence-electron chi connectivity index (χ1n) is 9.88. The van der Waals surface area contributed by atoms with Gasteiger partial charge in [-0.15, -0.1) is 0 Å². The zero-order chi connectivity index (χ0) is 17.4. The molecule has 4 aliphatic rings. The zero-order valence-corrected chi connectivity index (χ0v) is 15.5. The highest BCUT2D eigenvalue weighted by atomic mass is 16.3. The fourth-order valence-electron chi connectivity index (χ4n) is 8.02. The molecule has 2 bridgehead atoms. The third kappa shape index (κ3) is 1.88. The predicted molar refractivity (Wildman–Crippen MR) is 92.4 cm³/mol. The normalized spacial score (nSPS) is 53.4. The molecule has 0 saturated heterocycles. The van der Waals surface area contributed by atoms with Gasteiger partial charge in [0.2, 0.25) is 0 Å². The lowest BCUT2D eigenvalue weighted by atomic mass is 9.40. The van der Waals surface area contributed by atoms with Gasteiger partial charge in [0, 0.05) is 17.3 Å². The lowest BCUT2D eigenvalue weighted by molar-refractivity contribution is -0.170. The summed E-state index contributed by atoms with van der Waals surface area (Å²) in [5.41, 5.74) is -0.0802. The third-order valence-corrected chi connectivity index (χ3v) is 9.14. The SMILES string of the molecule is C[C@@]12CCC3[C@@](CCC4[C@@]3(C)CCC[C@@]4(C)C(=O)CO)(CC1=O)C2. The fraction of sp³-hybridized carbons (Fsp3) is 0.905. The van der Waals surface area contributed by atoms with Crippen LogP contribution in [0.1, 0.15) is 78.6 Å². The molecule has 1 N–H and O–H groups in total. The number of rotatable bonds is 2. The molecule has 134 valence electrons. The molecule has 3 heteroatoms. The standard InChI is InChI=1S/C21H32O3/c1-18-9-5-15-19(2)7-4-8-20(3,17(24)12-22)14(19)6-10-21(15,13-18)11-16(18)23/h14-15,22H,4-13H2,1-3H3/t14?,15?,18-,19+,20+,21-/m0/s1. The second kappa shape index (κ2) is 4.93. The van der Waals surface area contributed by atoms with Crippen LogP contribution >= 0.6 is 0 Å². The maximum absolute atomic E-state index is 12.7. The molecule has 4 fully saturated rings. The molecule has 0 heterocycles. The molecule has 4 rings (SSSR count). The van der Waals surface area contributed by atoms with E-state index < -0.39 is 0 Å². The summed E-state index contributed by atoms with van der Waals surface area (Å²) in [5, 5.41) is 9.54. The molecular formula is C21H32O3. The Morgan fingerprint density at radius 3 is 2.50 bits per heavy atom. The Bertz CT molecular complexity index is 598. The monoisotopic (exact) mass is 332 g/mol. The van der Waals surface area contributed by atoms with E-state index in [1.165, 1.54) is 6.42 Å². The predicted octanol–water partition coefficient (Wildman–Crippen LogP) is 3.92. The van der Waals surface area contributed by atoms with Crippen molar-refractivity contribution in [2.45, 2.75) is 78.6 Å². The number of carbonyl (C=O) groups is 2. The summed E-state index contributed by atoms with van der Waals surface area (Å²) in [7, 11) is 0. The van der Waals surface area contributed by atoms with Crippen LogP contribution in [-0.4, -0.2) is 23.3 Å². The van der Waals surface area contributed by atoms with E-state index in [-0.39, 0.29) is 34.1 Å². The summed E-state index contributed by atoms with van der Waals surface area (Å²) >= 11 is 0. The summed E-state index contributed by atoms with van der Waals surface area (Å²) in [6.45, 7) is 6.39. The van der Waals surface area contributed by atoms with Gasteiger partial charge in [0.05, 0.1) is 0 Å². The highest BCUT2D eigenvalue weighted by Crippen LogP contribution is 2.72. The number of ketones is 2. The molecule has 0 amide bonds. The summed E-state index contributed by atoms with van der Waals surface area (Å²) < 4.78 is 0. The van der Waals surface area contributed by atoms with Crippen LogP contribution in [0.25, 0.3) is 0 Å². The van der Waals surface area contributed by atoms with Gasteiger partial charge in [-0.1, -0.05) is 27.2 Å². The van der Waals surface area contributed by atoms with E-state index in [9.17, 15) is 14.7 Å². The van der Waals surface area contributed by atoms with Crippen LogP contribution in [-0.2, 0) is 9.59 Å². The van der Waals surface area contributed by atoms with E-state index in [0.717, 1.165) is 51.4 Å². The second-order valence-electron chi connectivity index (χ2n) is 10.2. The number of aliphatic hydroxyl groups excluding tert-OH is 1. The molecular weight excluding hydrogens is 300 g/mol. The molecule has 0 radical (unpaired) electrons. The topological polar surface area (TPSA) is 54.4 Å². The van der Waals surface area contributed by atoms with E-state index >= 15 is 0 Å². The largest absolute Gasteiger partial charge is 0.389 e. The maximum atomic E-state index is 12.7. The van der Waals surface area contributed by atoms with Crippen molar-refractivity contribution in [1.82, 2.24) is 0 Å². The molecule has 0 aromatic rings. The molecule has 4 saturated carbocycles. The molecule has 4 aliphatic carbocycles. The van der Waals surface area contributed by atoms with Crippen LogP contribution in [0, 0.1) is 33.5 Å². The average molecular weight is 332 g/mol. The average Bonchev–Trinajstić information content (AvgIpc) is 2.70. The first-order valence-corrected chi connectivity index (χ1v) is 9.88. The molecule has 2 unspecified atom stereocenters. The molecule has 0 aromatic carbocycles. The van der Waals surface area contributed by atoms with Gasteiger partial charge in [-0.2, -0.15) is 0 Å². The smallest absolute Gasteiger partial charge is 0.164 e. The quantitative estimate of drug-likeness (QED) is 0.834. The summed E-state index contributed by atoms with van der Waals surface area (Å²) in [5.74, 6) is 1.48. The number of aliphatic hydroxyl groups is 1. The first-order chi connectivity index (χ1) is 11.2. The first kappa shape index (κ1) is 16.8. The third-order valence-electron chi connectivity index (χ3n) is 9.14. The summed E-state index contributed by atoms with van der Waals surface area (Å²) in [6, 6.07) is 0. The fourth-order valence-corrected chi connectivity index (χ4v) is 8.02. The van der Waals surface area contributed by atoms with E-state index in [4.69, 9.17) is 0 Å². The Kier molecular flexibility index (Phi) is 3.44. The van der Waals surface area contributed by atoms with Crippen molar-refractivity contribution >= 4 is 11.6 Å². The van der Waals surface area contributed by atoms with Gasteiger partial charge in [0.15, 0.2) is 5.78 Å². The van der Waals surface area contributed by atoms with Gasteiger partial charge >= 0.3 is 0 Å².